The highest BCUT2D eigenvalue weighted by Gasteiger charge is 2.32. The van der Waals surface area contributed by atoms with Gasteiger partial charge in [-0.2, -0.15) is 4.98 Å². The Hall–Kier alpha value is -2.12. The SMILES string of the molecule is COc1ccc(OC)c2c1CN(Cc1noc(C3CC3)n1)CC2O. The van der Waals surface area contributed by atoms with Crippen molar-refractivity contribution in [2.75, 3.05) is 20.8 Å². The van der Waals surface area contributed by atoms with E-state index in [1.807, 2.05) is 12.1 Å². The van der Waals surface area contributed by atoms with Gasteiger partial charge in [0.25, 0.3) is 0 Å². The van der Waals surface area contributed by atoms with Crippen LogP contribution < -0.4 is 9.47 Å². The third kappa shape index (κ3) is 2.74. The number of aliphatic hydroxyl groups is 1. The maximum absolute atomic E-state index is 10.6. The first-order valence-electron chi connectivity index (χ1n) is 8.16. The summed E-state index contributed by atoms with van der Waals surface area (Å²) in [6.07, 6.45) is 1.62. The van der Waals surface area contributed by atoms with E-state index in [9.17, 15) is 5.11 Å². The molecule has 2 aliphatic rings. The van der Waals surface area contributed by atoms with Crippen molar-refractivity contribution >= 4 is 0 Å². The van der Waals surface area contributed by atoms with Gasteiger partial charge in [-0.05, 0) is 25.0 Å². The number of rotatable bonds is 5. The summed E-state index contributed by atoms with van der Waals surface area (Å²) < 4.78 is 16.2. The number of aromatic nitrogens is 2. The highest BCUT2D eigenvalue weighted by molar-refractivity contribution is 5.51. The Bertz CT molecular complexity index is 741. The van der Waals surface area contributed by atoms with E-state index in [4.69, 9.17) is 14.0 Å². The van der Waals surface area contributed by atoms with Crippen LogP contribution in [0.25, 0.3) is 0 Å². The Balaban J connectivity index is 1.57. The summed E-state index contributed by atoms with van der Waals surface area (Å²) in [5.41, 5.74) is 1.75. The van der Waals surface area contributed by atoms with Crippen LogP contribution in [0.4, 0.5) is 0 Å². The summed E-state index contributed by atoms with van der Waals surface area (Å²) in [6, 6.07) is 3.70. The zero-order chi connectivity index (χ0) is 16.7. The number of fused-ring (bicyclic) bond motifs is 1. The van der Waals surface area contributed by atoms with Gasteiger partial charge in [-0.3, -0.25) is 4.90 Å². The minimum absolute atomic E-state index is 0.447. The van der Waals surface area contributed by atoms with Crippen LogP contribution in [-0.4, -0.2) is 40.9 Å². The van der Waals surface area contributed by atoms with Crippen LogP contribution in [-0.2, 0) is 13.1 Å². The lowest BCUT2D eigenvalue weighted by molar-refractivity contribution is 0.0823. The Labute approximate surface area is 140 Å². The molecule has 1 unspecified atom stereocenters. The molecule has 1 aromatic carbocycles. The number of methoxy groups -OCH3 is 2. The molecule has 128 valence electrons. The fourth-order valence-electron chi connectivity index (χ4n) is 3.29. The van der Waals surface area contributed by atoms with Crippen molar-refractivity contribution in [3.63, 3.8) is 0 Å². The lowest BCUT2D eigenvalue weighted by Crippen LogP contribution is -2.34. The largest absolute Gasteiger partial charge is 0.496 e. The average molecular weight is 331 g/mol. The molecule has 1 fully saturated rings. The molecule has 1 atom stereocenters. The van der Waals surface area contributed by atoms with E-state index in [0.717, 1.165) is 35.6 Å². The second-order valence-electron chi connectivity index (χ2n) is 6.37. The van der Waals surface area contributed by atoms with Crippen LogP contribution in [0.15, 0.2) is 16.7 Å². The second kappa shape index (κ2) is 6.07. The highest BCUT2D eigenvalue weighted by atomic mass is 16.5. The van der Waals surface area contributed by atoms with Gasteiger partial charge in [0.15, 0.2) is 5.82 Å². The van der Waals surface area contributed by atoms with Crippen molar-refractivity contribution in [1.29, 1.82) is 0 Å². The molecule has 1 aliphatic carbocycles. The van der Waals surface area contributed by atoms with Gasteiger partial charge in [-0.25, -0.2) is 0 Å². The first kappa shape index (κ1) is 15.4. The topological polar surface area (TPSA) is 80.9 Å². The van der Waals surface area contributed by atoms with E-state index in [-0.39, 0.29) is 0 Å². The molecule has 1 N–H and O–H groups in total. The molecule has 1 aliphatic heterocycles. The van der Waals surface area contributed by atoms with E-state index in [0.29, 0.717) is 37.1 Å². The van der Waals surface area contributed by atoms with Crippen molar-refractivity contribution in [2.24, 2.45) is 0 Å². The van der Waals surface area contributed by atoms with Gasteiger partial charge in [-0.15, -0.1) is 0 Å². The molecular formula is C17H21N3O4. The monoisotopic (exact) mass is 331 g/mol. The molecule has 0 spiro atoms. The number of hydrogen-bond acceptors (Lipinski definition) is 7. The van der Waals surface area contributed by atoms with Gasteiger partial charge in [-0.1, -0.05) is 5.16 Å². The van der Waals surface area contributed by atoms with Gasteiger partial charge in [0.05, 0.1) is 26.9 Å². The number of nitrogens with zero attached hydrogens (tertiary/aromatic N) is 3. The predicted molar refractivity (Wildman–Crippen MR) is 84.9 cm³/mol. The van der Waals surface area contributed by atoms with Gasteiger partial charge >= 0.3 is 0 Å². The molecule has 4 rings (SSSR count). The predicted octanol–water partition coefficient (Wildman–Crippen LogP) is 2.01. The zero-order valence-corrected chi connectivity index (χ0v) is 13.9. The summed E-state index contributed by atoms with van der Waals surface area (Å²) in [5, 5.41) is 14.7. The average Bonchev–Trinajstić information content (AvgIpc) is 3.34. The van der Waals surface area contributed by atoms with E-state index in [1.165, 1.54) is 0 Å². The molecule has 24 heavy (non-hydrogen) atoms. The number of benzene rings is 1. The van der Waals surface area contributed by atoms with Crippen molar-refractivity contribution in [1.82, 2.24) is 15.0 Å². The molecule has 1 aromatic heterocycles. The van der Waals surface area contributed by atoms with Crippen LogP contribution in [0.3, 0.4) is 0 Å². The maximum atomic E-state index is 10.6. The van der Waals surface area contributed by atoms with Crippen molar-refractivity contribution in [3.8, 4) is 11.5 Å². The number of ether oxygens (including phenoxy) is 2. The van der Waals surface area contributed by atoms with Crippen molar-refractivity contribution < 1.29 is 19.1 Å². The lowest BCUT2D eigenvalue weighted by Gasteiger charge is -2.33. The highest BCUT2D eigenvalue weighted by Crippen LogP contribution is 2.40. The summed E-state index contributed by atoms with van der Waals surface area (Å²) in [4.78, 5) is 6.56. The van der Waals surface area contributed by atoms with Crippen LogP contribution in [0.5, 0.6) is 11.5 Å². The van der Waals surface area contributed by atoms with E-state index >= 15 is 0 Å². The molecular weight excluding hydrogens is 310 g/mol. The third-order valence-corrected chi connectivity index (χ3v) is 4.64. The molecule has 2 aromatic rings. The van der Waals surface area contributed by atoms with Gasteiger partial charge in [0.2, 0.25) is 5.89 Å². The van der Waals surface area contributed by atoms with Crippen molar-refractivity contribution in [3.05, 3.63) is 35.0 Å². The first-order valence-corrected chi connectivity index (χ1v) is 8.16. The normalized spacial score (nSPS) is 20.7. The molecule has 7 nitrogen and oxygen atoms in total. The van der Waals surface area contributed by atoms with Crippen LogP contribution in [0.2, 0.25) is 0 Å². The van der Waals surface area contributed by atoms with Crippen LogP contribution in [0.1, 0.15) is 47.7 Å². The standard InChI is InChI=1S/C17H21N3O4/c1-22-13-5-6-14(23-2)16-11(13)7-20(8-12(16)21)9-15-18-17(24-19-15)10-3-4-10/h5-6,10,12,21H,3-4,7-9H2,1-2H3. The summed E-state index contributed by atoms with van der Waals surface area (Å²) >= 11 is 0. The second-order valence-corrected chi connectivity index (χ2v) is 6.37. The summed E-state index contributed by atoms with van der Waals surface area (Å²) in [5.74, 6) is 3.29. The number of hydrogen-bond donors (Lipinski definition) is 1. The fourth-order valence-corrected chi connectivity index (χ4v) is 3.29. The smallest absolute Gasteiger partial charge is 0.229 e. The van der Waals surface area contributed by atoms with Crippen molar-refractivity contribution in [2.45, 2.75) is 38.0 Å². The quantitative estimate of drug-likeness (QED) is 0.897. The van der Waals surface area contributed by atoms with Gasteiger partial charge < -0.3 is 19.1 Å². The molecule has 2 heterocycles. The Kier molecular flexibility index (Phi) is 3.90. The number of β-amino-alcohol motifs (C(OH)–C–C–N with tert-alkyl or cyclic N) is 1. The Morgan fingerprint density at radius 2 is 2.00 bits per heavy atom. The molecule has 0 radical (unpaired) electrons. The minimum atomic E-state index is -0.645. The summed E-state index contributed by atoms with van der Waals surface area (Å²) in [7, 11) is 3.24. The van der Waals surface area contributed by atoms with E-state index in [2.05, 4.69) is 15.0 Å². The first-order chi connectivity index (χ1) is 11.7. The van der Waals surface area contributed by atoms with Gasteiger partial charge in [0, 0.05) is 30.1 Å². The molecule has 0 bridgehead atoms. The maximum Gasteiger partial charge on any atom is 0.229 e. The Morgan fingerprint density at radius 1 is 1.25 bits per heavy atom. The van der Waals surface area contributed by atoms with Crippen LogP contribution in [0, 0.1) is 0 Å². The molecule has 0 saturated heterocycles. The number of aliphatic hydroxyl groups excluding tert-OH is 1. The lowest BCUT2D eigenvalue weighted by atomic mass is 9.95. The Morgan fingerprint density at radius 3 is 2.71 bits per heavy atom. The van der Waals surface area contributed by atoms with E-state index < -0.39 is 6.10 Å². The summed E-state index contributed by atoms with van der Waals surface area (Å²) in [6.45, 7) is 1.66. The fraction of sp³-hybridized carbons (Fsp3) is 0.529. The third-order valence-electron chi connectivity index (χ3n) is 4.64. The molecule has 1 saturated carbocycles. The molecule has 7 heteroatoms. The zero-order valence-electron chi connectivity index (χ0n) is 13.9. The molecule has 0 amide bonds. The van der Waals surface area contributed by atoms with Gasteiger partial charge in [0.1, 0.15) is 11.5 Å². The minimum Gasteiger partial charge on any atom is -0.496 e. The van der Waals surface area contributed by atoms with E-state index in [1.54, 1.807) is 14.2 Å². The van der Waals surface area contributed by atoms with Crippen LogP contribution >= 0.6 is 0 Å².